The summed E-state index contributed by atoms with van der Waals surface area (Å²) in [6.45, 7) is 0.670. The number of nitrogens with one attached hydrogen (secondary N) is 1. The fraction of sp³-hybridized carbons (Fsp3) is 0.235. The smallest absolute Gasteiger partial charge is 0.263 e. The van der Waals surface area contributed by atoms with Crippen LogP contribution in [0.2, 0.25) is 10.0 Å². The van der Waals surface area contributed by atoms with E-state index in [2.05, 4.69) is 4.72 Å². The molecule has 0 aromatic heterocycles. The molecular formula is C17H16Cl2N2O4S. The first-order valence-corrected chi connectivity index (χ1v) is 10.0. The average Bonchev–Trinajstić information content (AvgIpc) is 3.03. The number of rotatable bonds is 5. The maximum absolute atomic E-state index is 12.6. The number of benzene rings is 2. The van der Waals surface area contributed by atoms with E-state index < -0.39 is 10.0 Å². The van der Waals surface area contributed by atoms with Crippen LogP contribution in [0.1, 0.15) is 12.8 Å². The number of sulfonamides is 1. The van der Waals surface area contributed by atoms with E-state index in [0.29, 0.717) is 18.7 Å². The summed E-state index contributed by atoms with van der Waals surface area (Å²) in [6, 6.07) is 9.35. The van der Waals surface area contributed by atoms with Gasteiger partial charge in [-0.1, -0.05) is 23.2 Å². The van der Waals surface area contributed by atoms with Gasteiger partial charge in [0.15, 0.2) is 0 Å². The van der Waals surface area contributed by atoms with E-state index in [1.165, 1.54) is 19.2 Å². The van der Waals surface area contributed by atoms with Gasteiger partial charge in [-0.05, 0) is 42.8 Å². The molecule has 2 aromatic carbocycles. The molecule has 0 radical (unpaired) electrons. The van der Waals surface area contributed by atoms with Crippen molar-refractivity contribution in [2.45, 2.75) is 17.7 Å². The summed E-state index contributed by atoms with van der Waals surface area (Å²) in [5.41, 5.74) is 1.09. The molecule has 1 aliphatic rings. The molecule has 138 valence electrons. The topological polar surface area (TPSA) is 75.7 Å². The second-order valence-corrected chi connectivity index (χ2v) is 8.10. The molecule has 1 N–H and O–H groups in total. The number of amides is 1. The van der Waals surface area contributed by atoms with Gasteiger partial charge in [0, 0.05) is 24.3 Å². The quantitative estimate of drug-likeness (QED) is 0.803. The molecule has 1 saturated heterocycles. The van der Waals surface area contributed by atoms with Crippen LogP contribution in [0, 0.1) is 0 Å². The van der Waals surface area contributed by atoms with Gasteiger partial charge < -0.3 is 9.64 Å². The van der Waals surface area contributed by atoms with Crippen LogP contribution in [0.4, 0.5) is 11.4 Å². The molecule has 6 nitrogen and oxygen atoms in total. The predicted molar refractivity (Wildman–Crippen MR) is 102 cm³/mol. The largest absolute Gasteiger partial charge is 0.495 e. The Balaban J connectivity index is 1.84. The normalized spacial score (nSPS) is 14.6. The lowest BCUT2D eigenvalue weighted by molar-refractivity contribution is -0.117. The Bertz CT molecular complexity index is 946. The fourth-order valence-electron chi connectivity index (χ4n) is 2.72. The molecule has 1 fully saturated rings. The standard InChI is InChI=1S/C17H16Cl2N2O4S/c1-25-13-8-9-14(17(19)16(13)18)26(23,24)20-11-4-6-12(7-5-11)21-10-2-3-15(21)22/h4-9,20H,2-3,10H2,1H3. The maximum Gasteiger partial charge on any atom is 0.263 e. The molecule has 2 aromatic rings. The molecule has 26 heavy (non-hydrogen) atoms. The third-order valence-electron chi connectivity index (χ3n) is 4.03. The van der Waals surface area contributed by atoms with Crippen LogP contribution in [0.3, 0.4) is 0 Å². The van der Waals surface area contributed by atoms with Crippen molar-refractivity contribution < 1.29 is 17.9 Å². The average molecular weight is 415 g/mol. The summed E-state index contributed by atoms with van der Waals surface area (Å²) in [5, 5.41) is -0.0854. The Morgan fingerprint density at radius 3 is 2.35 bits per heavy atom. The maximum atomic E-state index is 12.6. The van der Waals surface area contributed by atoms with Crippen molar-refractivity contribution in [2.24, 2.45) is 0 Å². The van der Waals surface area contributed by atoms with Crippen molar-refractivity contribution in [3.05, 3.63) is 46.4 Å². The highest BCUT2D eigenvalue weighted by Gasteiger charge is 2.23. The summed E-state index contributed by atoms with van der Waals surface area (Å²) < 4.78 is 32.7. The number of carbonyl (C=O) groups is 1. The van der Waals surface area contributed by atoms with Gasteiger partial charge in [-0.3, -0.25) is 9.52 Å². The van der Waals surface area contributed by atoms with Gasteiger partial charge in [-0.25, -0.2) is 8.42 Å². The molecule has 1 heterocycles. The number of hydrogen-bond donors (Lipinski definition) is 1. The molecule has 0 atom stereocenters. The third-order valence-corrected chi connectivity index (χ3v) is 6.43. The van der Waals surface area contributed by atoms with Crippen LogP contribution in [0.25, 0.3) is 0 Å². The second-order valence-electron chi connectivity index (χ2n) is 5.70. The van der Waals surface area contributed by atoms with Crippen molar-refractivity contribution >= 4 is 50.5 Å². The summed E-state index contributed by atoms with van der Waals surface area (Å²) in [5.74, 6) is 0.355. The lowest BCUT2D eigenvalue weighted by Crippen LogP contribution is -2.23. The Morgan fingerprint density at radius 2 is 1.77 bits per heavy atom. The zero-order chi connectivity index (χ0) is 18.9. The molecule has 1 aliphatic heterocycles. The third kappa shape index (κ3) is 3.60. The van der Waals surface area contributed by atoms with Gasteiger partial charge in [0.25, 0.3) is 10.0 Å². The lowest BCUT2D eigenvalue weighted by atomic mass is 10.2. The van der Waals surface area contributed by atoms with Gasteiger partial charge in [0.2, 0.25) is 5.91 Å². The van der Waals surface area contributed by atoms with E-state index in [-0.39, 0.29) is 26.6 Å². The zero-order valence-electron chi connectivity index (χ0n) is 13.8. The fourth-order valence-corrected chi connectivity index (χ4v) is 4.62. The second kappa shape index (κ2) is 7.34. The predicted octanol–water partition coefficient (Wildman–Crippen LogP) is 3.93. The van der Waals surface area contributed by atoms with Crippen LogP contribution in [-0.4, -0.2) is 28.0 Å². The first-order chi connectivity index (χ1) is 12.3. The summed E-state index contributed by atoms with van der Waals surface area (Å²) >= 11 is 12.1. The lowest BCUT2D eigenvalue weighted by Gasteiger charge is -2.16. The van der Waals surface area contributed by atoms with Crippen LogP contribution in [-0.2, 0) is 14.8 Å². The van der Waals surface area contributed by atoms with Crippen molar-refractivity contribution in [3.8, 4) is 5.75 Å². The molecule has 9 heteroatoms. The highest BCUT2D eigenvalue weighted by molar-refractivity contribution is 7.92. The first kappa shape index (κ1) is 18.8. The SMILES string of the molecule is COc1ccc(S(=O)(=O)Nc2ccc(N3CCCC3=O)cc2)c(Cl)c1Cl. The number of anilines is 2. The van der Waals surface area contributed by atoms with Crippen molar-refractivity contribution in [2.75, 3.05) is 23.3 Å². The van der Waals surface area contributed by atoms with Gasteiger partial charge in [-0.2, -0.15) is 0 Å². The van der Waals surface area contributed by atoms with Crippen LogP contribution < -0.4 is 14.4 Å². The van der Waals surface area contributed by atoms with Crippen LogP contribution in [0.5, 0.6) is 5.75 Å². The minimum atomic E-state index is -3.94. The highest BCUT2D eigenvalue weighted by Crippen LogP contribution is 2.37. The molecule has 0 unspecified atom stereocenters. The Kier molecular flexibility index (Phi) is 5.32. The van der Waals surface area contributed by atoms with Gasteiger partial charge in [0.1, 0.15) is 15.7 Å². The van der Waals surface area contributed by atoms with Crippen molar-refractivity contribution in [1.29, 1.82) is 0 Å². The van der Waals surface area contributed by atoms with Crippen LogP contribution >= 0.6 is 23.2 Å². The minimum absolute atomic E-state index is 0.0277. The minimum Gasteiger partial charge on any atom is -0.495 e. The molecular weight excluding hydrogens is 399 g/mol. The number of ether oxygens (including phenoxy) is 1. The van der Waals surface area contributed by atoms with Crippen LogP contribution in [0.15, 0.2) is 41.3 Å². The molecule has 0 aliphatic carbocycles. The summed E-state index contributed by atoms with van der Waals surface area (Å²) in [4.78, 5) is 13.3. The van der Waals surface area contributed by atoms with E-state index in [1.807, 2.05) is 0 Å². The van der Waals surface area contributed by atoms with E-state index in [9.17, 15) is 13.2 Å². The molecule has 0 bridgehead atoms. The molecule has 3 rings (SSSR count). The monoisotopic (exact) mass is 414 g/mol. The number of methoxy groups -OCH3 is 1. The number of nitrogens with zero attached hydrogens (tertiary/aromatic N) is 1. The van der Waals surface area contributed by atoms with E-state index >= 15 is 0 Å². The molecule has 1 amide bonds. The summed E-state index contributed by atoms with van der Waals surface area (Å²) in [7, 11) is -2.52. The number of carbonyl (C=O) groups excluding carboxylic acids is 1. The number of hydrogen-bond acceptors (Lipinski definition) is 4. The Morgan fingerprint density at radius 1 is 1.08 bits per heavy atom. The number of halogens is 2. The zero-order valence-corrected chi connectivity index (χ0v) is 16.2. The Labute approximate surface area is 161 Å². The van der Waals surface area contributed by atoms with Crippen molar-refractivity contribution in [1.82, 2.24) is 0 Å². The highest BCUT2D eigenvalue weighted by atomic mass is 35.5. The van der Waals surface area contributed by atoms with E-state index in [4.69, 9.17) is 27.9 Å². The van der Waals surface area contributed by atoms with Gasteiger partial charge in [-0.15, -0.1) is 0 Å². The Hall–Kier alpha value is -1.96. The van der Waals surface area contributed by atoms with E-state index in [1.54, 1.807) is 29.2 Å². The molecule has 0 spiro atoms. The summed E-state index contributed by atoms with van der Waals surface area (Å²) in [6.07, 6.45) is 1.36. The van der Waals surface area contributed by atoms with Gasteiger partial charge in [0.05, 0.1) is 12.1 Å². The van der Waals surface area contributed by atoms with Gasteiger partial charge >= 0.3 is 0 Å². The molecule has 0 saturated carbocycles. The first-order valence-electron chi connectivity index (χ1n) is 7.79. The van der Waals surface area contributed by atoms with E-state index in [0.717, 1.165) is 12.1 Å². The van der Waals surface area contributed by atoms with Crippen molar-refractivity contribution in [3.63, 3.8) is 0 Å².